The molecule has 0 saturated carbocycles. The van der Waals surface area contributed by atoms with Crippen molar-refractivity contribution in [1.29, 1.82) is 0 Å². The van der Waals surface area contributed by atoms with Crippen molar-refractivity contribution in [2.75, 3.05) is 0 Å². The Labute approximate surface area is 224 Å². The lowest BCUT2D eigenvalue weighted by Crippen LogP contribution is -2.58. The molecule has 0 aliphatic rings. The van der Waals surface area contributed by atoms with Gasteiger partial charge in [-0.3, -0.25) is 0 Å². The van der Waals surface area contributed by atoms with E-state index in [1.54, 1.807) is 0 Å². The highest BCUT2D eigenvalue weighted by molar-refractivity contribution is 9.34. The standard InChI is InChI=1S/C16H24Br8O2/c1-2-3-4-5-6-7-8-9-10-11-13(17,18)15(21,22)16(23,24)14(19,20)12(25)26/h2-11H2,1H3,(H,25,26). The van der Waals surface area contributed by atoms with Gasteiger partial charge in [0.25, 0.3) is 0 Å². The van der Waals surface area contributed by atoms with Crippen LogP contribution in [0.2, 0.25) is 0 Å². The molecule has 0 rings (SSSR count). The second-order valence-electron chi connectivity index (χ2n) is 6.31. The van der Waals surface area contributed by atoms with Crippen molar-refractivity contribution in [3.05, 3.63) is 0 Å². The Morgan fingerprint density at radius 2 is 1.08 bits per heavy atom. The van der Waals surface area contributed by atoms with Crippen LogP contribution in [-0.4, -0.2) is 24.0 Å². The second kappa shape index (κ2) is 13.0. The van der Waals surface area contributed by atoms with Crippen LogP contribution < -0.4 is 0 Å². The molecule has 0 aromatic heterocycles. The highest BCUT2D eigenvalue weighted by Gasteiger charge is 2.67. The summed E-state index contributed by atoms with van der Waals surface area (Å²) in [4.78, 5) is 11.6. The van der Waals surface area contributed by atoms with E-state index in [0.717, 1.165) is 19.3 Å². The molecule has 0 aromatic rings. The first-order chi connectivity index (χ1) is 11.8. The van der Waals surface area contributed by atoms with Crippen LogP contribution in [0, 0.1) is 0 Å². The minimum Gasteiger partial charge on any atom is -0.480 e. The Bertz CT molecular complexity index is 438. The Balaban J connectivity index is 4.58. The molecule has 156 valence electrons. The smallest absolute Gasteiger partial charge is 0.333 e. The van der Waals surface area contributed by atoms with Crippen LogP contribution in [0.3, 0.4) is 0 Å². The van der Waals surface area contributed by atoms with E-state index in [2.05, 4.69) is 134 Å². The van der Waals surface area contributed by atoms with Gasteiger partial charge in [-0.25, -0.2) is 4.79 Å². The van der Waals surface area contributed by atoms with E-state index in [0.29, 0.717) is 0 Å². The van der Waals surface area contributed by atoms with Crippen LogP contribution >= 0.6 is 127 Å². The molecule has 0 aromatic carbocycles. The fourth-order valence-corrected chi connectivity index (χ4v) is 8.26. The number of hydrogen-bond donors (Lipinski definition) is 1. The predicted molar refractivity (Wildman–Crippen MR) is 142 cm³/mol. The summed E-state index contributed by atoms with van der Waals surface area (Å²) in [5.41, 5.74) is 0. The minimum absolute atomic E-state index is 0.594. The maximum absolute atomic E-state index is 11.6. The van der Waals surface area contributed by atoms with Crippen molar-refractivity contribution in [3.63, 3.8) is 0 Å². The van der Waals surface area contributed by atoms with Crippen LogP contribution in [0.15, 0.2) is 0 Å². The van der Waals surface area contributed by atoms with Crippen LogP contribution in [0.5, 0.6) is 0 Å². The van der Waals surface area contributed by atoms with Crippen LogP contribution in [0.1, 0.15) is 71.1 Å². The van der Waals surface area contributed by atoms with Crippen molar-refractivity contribution < 1.29 is 9.90 Å². The van der Waals surface area contributed by atoms with Crippen LogP contribution in [0.4, 0.5) is 0 Å². The number of carboxylic acid groups (broad SMARTS) is 1. The first kappa shape index (κ1) is 29.3. The van der Waals surface area contributed by atoms with Gasteiger partial charge < -0.3 is 5.11 Å². The lowest BCUT2D eigenvalue weighted by molar-refractivity contribution is -0.137. The zero-order valence-electron chi connectivity index (χ0n) is 14.5. The van der Waals surface area contributed by atoms with Gasteiger partial charge in [-0.2, -0.15) is 0 Å². The maximum Gasteiger partial charge on any atom is 0.333 e. The molecule has 2 nitrogen and oxygen atoms in total. The van der Waals surface area contributed by atoms with E-state index < -0.39 is 18.9 Å². The Kier molecular flexibility index (Phi) is 14.6. The third-order valence-corrected chi connectivity index (χ3v) is 19.3. The molecule has 0 heterocycles. The Hall–Kier alpha value is 3.31. The third kappa shape index (κ3) is 8.10. The summed E-state index contributed by atoms with van der Waals surface area (Å²) >= 11 is 28.3. The number of hydrogen-bond acceptors (Lipinski definition) is 1. The molecule has 10 heteroatoms. The van der Waals surface area contributed by atoms with E-state index in [4.69, 9.17) is 0 Å². The van der Waals surface area contributed by atoms with Gasteiger partial charge in [0.15, 0.2) is 0 Å². The number of rotatable bonds is 14. The zero-order chi connectivity index (χ0) is 20.6. The largest absolute Gasteiger partial charge is 0.480 e. The molecule has 0 aliphatic carbocycles. The molecular weight excluding hydrogens is 863 g/mol. The molecule has 26 heavy (non-hydrogen) atoms. The number of carboxylic acids is 1. The number of carbonyl (C=O) groups is 1. The highest BCUT2D eigenvalue weighted by Crippen LogP contribution is 2.67. The summed E-state index contributed by atoms with van der Waals surface area (Å²) in [6, 6.07) is 0. The lowest BCUT2D eigenvalue weighted by atomic mass is 10.0. The molecule has 0 atom stereocenters. The van der Waals surface area contributed by atoms with Crippen molar-refractivity contribution in [2.45, 2.75) is 84.1 Å². The Morgan fingerprint density at radius 1 is 0.692 bits per heavy atom. The molecule has 0 amide bonds. The van der Waals surface area contributed by atoms with Gasteiger partial charge in [-0.1, -0.05) is 192 Å². The van der Waals surface area contributed by atoms with Gasteiger partial charge in [0.05, 0.1) is 0 Å². The highest BCUT2D eigenvalue weighted by atomic mass is 79.9. The molecular formula is C16H24Br8O2. The topological polar surface area (TPSA) is 37.3 Å². The number of unbranched alkanes of at least 4 members (excludes halogenated alkanes) is 8. The average molecular weight is 888 g/mol. The monoisotopic (exact) mass is 880 g/mol. The quantitative estimate of drug-likeness (QED) is 0.139. The molecule has 0 fully saturated rings. The fourth-order valence-electron chi connectivity index (χ4n) is 2.38. The number of aliphatic carboxylic acids is 1. The summed E-state index contributed by atoms with van der Waals surface area (Å²) in [5.74, 6) is -1.06. The summed E-state index contributed by atoms with van der Waals surface area (Å²) in [6.45, 7) is 2.24. The fraction of sp³-hybridized carbons (Fsp3) is 0.938. The van der Waals surface area contributed by atoms with Crippen molar-refractivity contribution in [3.8, 4) is 0 Å². The molecule has 0 saturated heterocycles. The first-order valence-electron chi connectivity index (χ1n) is 8.50. The normalized spacial score (nSPS) is 13.9. The maximum atomic E-state index is 11.6. The molecule has 1 N–H and O–H groups in total. The van der Waals surface area contributed by atoms with Gasteiger partial charge in [-0.05, 0) is 6.42 Å². The van der Waals surface area contributed by atoms with Gasteiger partial charge >= 0.3 is 5.97 Å². The number of halogens is 8. The lowest BCUT2D eigenvalue weighted by Gasteiger charge is -2.47. The van der Waals surface area contributed by atoms with E-state index in [1.165, 1.54) is 44.9 Å². The van der Waals surface area contributed by atoms with Gasteiger partial charge in [0.1, 0.15) is 9.70 Å². The summed E-state index contributed by atoms with van der Waals surface area (Å²) < 4.78 is -4.04. The molecule has 0 radical (unpaired) electrons. The van der Waals surface area contributed by atoms with E-state index in [-0.39, 0.29) is 0 Å². The molecule has 0 unspecified atom stereocenters. The first-order valence-corrected chi connectivity index (χ1v) is 14.8. The Morgan fingerprint density at radius 3 is 1.46 bits per heavy atom. The third-order valence-electron chi connectivity index (χ3n) is 4.11. The van der Waals surface area contributed by atoms with Crippen molar-refractivity contribution in [1.82, 2.24) is 0 Å². The summed E-state index contributed by atoms with van der Waals surface area (Å²) in [6.07, 6.45) is 12.1. The van der Waals surface area contributed by atoms with Gasteiger partial charge in [-0.15, -0.1) is 0 Å². The van der Waals surface area contributed by atoms with Crippen LogP contribution in [0.25, 0.3) is 0 Å². The minimum atomic E-state index is -1.45. The van der Waals surface area contributed by atoms with E-state index >= 15 is 0 Å². The summed E-state index contributed by atoms with van der Waals surface area (Å²) in [7, 11) is 0. The second-order valence-corrected chi connectivity index (χ2v) is 20.4. The van der Waals surface area contributed by atoms with E-state index in [1.807, 2.05) is 0 Å². The predicted octanol–water partition coefficient (Wildman–Crippen LogP) is 9.94. The zero-order valence-corrected chi connectivity index (χ0v) is 27.1. The molecule has 0 aliphatic heterocycles. The SMILES string of the molecule is CCCCCCCCCCCC(Br)(Br)C(Br)(Br)C(Br)(Br)C(Br)(Br)C(=O)O. The van der Waals surface area contributed by atoms with Gasteiger partial charge in [0.2, 0.25) is 3.23 Å². The molecule has 0 spiro atoms. The van der Waals surface area contributed by atoms with Crippen molar-refractivity contribution >= 4 is 133 Å². The van der Waals surface area contributed by atoms with E-state index in [9.17, 15) is 9.90 Å². The number of alkyl halides is 8. The summed E-state index contributed by atoms with van der Waals surface area (Å²) in [5, 5.41) is 9.53. The molecule has 0 bridgehead atoms. The van der Waals surface area contributed by atoms with Crippen LogP contribution in [-0.2, 0) is 4.79 Å². The average Bonchev–Trinajstić information content (AvgIpc) is 2.52. The van der Waals surface area contributed by atoms with Gasteiger partial charge in [0, 0.05) is 0 Å². The van der Waals surface area contributed by atoms with Crippen molar-refractivity contribution in [2.24, 2.45) is 0 Å².